The van der Waals surface area contributed by atoms with E-state index >= 15 is 0 Å². The summed E-state index contributed by atoms with van der Waals surface area (Å²) in [6.07, 6.45) is 3.55. The third-order valence-corrected chi connectivity index (χ3v) is 5.66. The number of esters is 2. The van der Waals surface area contributed by atoms with Crippen LogP contribution in [0.4, 0.5) is 0 Å². The van der Waals surface area contributed by atoms with Crippen LogP contribution >= 0.6 is 0 Å². The number of carbonyl (C=O) groups excluding carboxylic acids is 2. The van der Waals surface area contributed by atoms with Crippen molar-refractivity contribution in [1.29, 1.82) is 0 Å². The Bertz CT molecular complexity index is 1020. The molecule has 0 fully saturated rings. The van der Waals surface area contributed by atoms with Crippen LogP contribution in [0.15, 0.2) is 72.2 Å². The van der Waals surface area contributed by atoms with Crippen LogP contribution in [0.2, 0.25) is 0 Å². The Kier molecular flexibility index (Phi) is 11.5. The lowest BCUT2D eigenvalue weighted by molar-refractivity contribution is -0.143. The predicted octanol–water partition coefficient (Wildman–Crippen LogP) is 5.56. The quantitative estimate of drug-likeness (QED) is 0.146. The summed E-state index contributed by atoms with van der Waals surface area (Å²) >= 11 is 0. The number of carbonyl (C=O) groups is 2. The summed E-state index contributed by atoms with van der Waals surface area (Å²) in [5.41, 5.74) is 1.78. The van der Waals surface area contributed by atoms with E-state index in [2.05, 4.69) is 13.8 Å². The van der Waals surface area contributed by atoms with Crippen LogP contribution in [0.25, 0.3) is 0 Å². The van der Waals surface area contributed by atoms with Gasteiger partial charge in [-0.15, -0.1) is 0 Å². The van der Waals surface area contributed by atoms with Gasteiger partial charge < -0.3 is 29.2 Å². The molecular weight excluding hydrogens is 476 g/mol. The van der Waals surface area contributed by atoms with Crippen LogP contribution in [0.3, 0.4) is 0 Å². The number of rotatable bonds is 14. The van der Waals surface area contributed by atoms with Gasteiger partial charge >= 0.3 is 11.9 Å². The van der Waals surface area contributed by atoms with Crippen molar-refractivity contribution in [3.05, 3.63) is 83.3 Å². The normalized spacial score (nSPS) is 12.1. The Labute approximate surface area is 218 Å². The Morgan fingerprint density at radius 1 is 0.730 bits per heavy atom. The highest BCUT2D eigenvalue weighted by Crippen LogP contribution is 2.34. The van der Waals surface area contributed by atoms with Gasteiger partial charge in [0.05, 0.1) is 26.4 Å². The molecule has 0 aliphatic rings. The highest BCUT2D eigenvalue weighted by atomic mass is 16.6. The van der Waals surface area contributed by atoms with Crippen molar-refractivity contribution in [3.63, 3.8) is 0 Å². The first kappa shape index (κ1) is 29.3. The maximum absolute atomic E-state index is 11.4. The maximum Gasteiger partial charge on any atom is 0.373 e. The van der Waals surface area contributed by atoms with E-state index in [9.17, 15) is 19.8 Å². The number of benzene rings is 2. The summed E-state index contributed by atoms with van der Waals surface area (Å²) in [4.78, 5) is 22.9. The summed E-state index contributed by atoms with van der Waals surface area (Å²) in [5.74, 6) is -0.886. The van der Waals surface area contributed by atoms with Crippen molar-refractivity contribution in [2.24, 2.45) is 0 Å². The van der Waals surface area contributed by atoms with Crippen molar-refractivity contribution in [2.75, 3.05) is 26.4 Å². The molecule has 0 radical (unpaired) electrons. The van der Waals surface area contributed by atoms with Crippen LogP contribution < -0.4 is 9.47 Å². The fourth-order valence-electron chi connectivity index (χ4n) is 3.33. The van der Waals surface area contributed by atoms with Gasteiger partial charge in [-0.25, -0.2) is 9.59 Å². The molecule has 2 aromatic carbocycles. The van der Waals surface area contributed by atoms with Crippen LogP contribution in [0.5, 0.6) is 11.5 Å². The smallest absolute Gasteiger partial charge is 0.373 e. The molecule has 0 heterocycles. The van der Waals surface area contributed by atoms with Crippen LogP contribution in [-0.2, 0) is 24.5 Å². The predicted molar refractivity (Wildman–Crippen MR) is 140 cm³/mol. The second-order valence-corrected chi connectivity index (χ2v) is 8.70. The van der Waals surface area contributed by atoms with Crippen LogP contribution in [0.1, 0.15) is 51.7 Å². The van der Waals surface area contributed by atoms with Gasteiger partial charge in [0, 0.05) is 18.3 Å². The van der Waals surface area contributed by atoms with Gasteiger partial charge in [-0.1, -0.05) is 38.1 Å². The van der Waals surface area contributed by atoms with Gasteiger partial charge in [-0.05, 0) is 61.4 Å². The van der Waals surface area contributed by atoms with E-state index in [0.717, 1.165) is 11.1 Å². The van der Waals surface area contributed by atoms with Gasteiger partial charge in [0.2, 0.25) is 0 Å². The van der Waals surface area contributed by atoms with Gasteiger partial charge in [-0.3, -0.25) is 0 Å². The van der Waals surface area contributed by atoms with Crippen molar-refractivity contribution >= 4 is 11.9 Å². The minimum atomic E-state index is -0.745. The highest BCUT2D eigenvalue weighted by Gasteiger charge is 2.24. The van der Waals surface area contributed by atoms with Crippen molar-refractivity contribution in [3.8, 4) is 11.5 Å². The first-order valence-corrected chi connectivity index (χ1v) is 12.2. The molecule has 0 saturated carbocycles. The number of aliphatic hydroxyl groups excluding tert-OH is 2. The lowest BCUT2D eigenvalue weighted by Crippen LogP contribution is -2.19. The molecule has 8 heteroatoms. The van der Waals surface area contributed by atoms with E-state index in [4.69, 9.17) is 18.9 Å². The molecule has 0 bridgehead atoms. The molecule has 200 valence electrons. The molecule has 0 aliphatic carbocycles. The average Bonchev–Trinajstić information content (AvgIpc) is 2.91. The third-order valence-electron chi connectivity index (χ3n) is 5.66. The SMILES string of the molecule is CC=C(O)C(=O)OCCCOc1cccc(C(C)(C)c2cccc(OCCCOC(=O)C(O)=CC)c2)c1. The molecular formula is C29H36O8. The zero-order valence-corrected chi connectivity index (χ0v) is 21.9. The third kappa shape index (κ3) is 9.22. The van der Waals surface area contributed by atoms with E-state index in [1.54, 1.807) is 13.8 Å². The summed E-state index contributed by atoms with van der Waals surface area (Å²) in [6, 6.07) is 15.7. The molecule has 37 heavy (non-hydrogen) atoms. The molecule has 8 nitrogen and oxygen atoms in total. The number of ether oxygens (including phenoxy) is 4. The van der Waals surface area contributed by atoms with Gasteiger partial charge in [0.25, 0.3) is 0 Å². The Morgan fingerprint density at radius 2 is 1.14 bits per heavy atom. The van der Waals surface area contributed by atoms with E-state index in [0.29, 0.717) is 37.6 Å². The minimum absolute atomic E-state index is 0.148. The van der Waals surface area contributed by atoms with Crippen LogP contribution in [-0.4, -0.2) is 48.6 Å². The molecule has 0 atom stereocenters. The Morgan fingerprint density at radius 3 is 1.51 bits per heavy atom. The molecule has 0 spiro atoms. The summed E-state index contributed by atoms with van der Waals surface area (Å²) in [7, 11) is 0. The summed E-state index contributed by atoms with van der Waals surface area (Å²) in [5, 5.41) is 18.6. The molecule has 0 aromatic heterocycles. The summed E-state index contributed by atoms with van der Waals surface area (Å²) < 4.78 is 21.6. The van der Waals surface area contributed by atoms with Crippen molar-refractivity contribution in [2.45, 2.75) is 46.0 Å². The molecule has 0 aliphatic heterocycles. The molecule has 2 N–H and O–H groups in total. The second kappa shape index (κ2) is 14.6. The zero-order chi connectivity index (χ0) is 27.3. The van der Waals surface area contributed by atoms with Gasteiger partial charge in [0.1, 0.15) is 11.5 Å². The minimum Gasteiger partial charge on any atom is -0.502 e. The fraction of sp³-hybridized carbons (Fsp3) is 0.379. The van der Waals surface area contributed by atoms with E-state index in [-0.39, 0.29) is 18.6 Å². The Hall–Kier alpha value is -3.94. The Balaban J connectivity index is 1.90. The number of hydrogen-bond donors (Lipinski definition) is 2. The largest absolute Gasteiger partial charge is 0.502 e. The van der Waals surface area contributed by atoms with E-state index < -0.39 is 23.5 Å². The maximum atomic E-state index is 11.4. The number of allylic oxidation sites excluding steroid dienone is 2. The van der Waals surface area contributed by atoms with Crippen molar-refractivity contribution < 1.29 is 38.7 Å². The monoisotopic (exact) mass is 512 g/mol. The van der Waals surface area contributed by atoms with E-state index in [1.165, 1.54) is 12.2 Å². The van der Waals surface area contributed by atoms with E-state index in [1.807, 2.05) is 48.5 Å². The number of hydrogen-bond acceptors (Lipinski definition) is 8. The summed E-state index contributed by atoms with van der Waals surface area (Å²) in [6.45, 7) is 8.36. The molecule has 2 rings (SSSR count). The fourth-order valence-corrected chi connectivity index (χ4v) is 3.33. The molecule has 0 amide bonds. The van der Waals surface area contributed by atoms with Gasteiger partial charge in [0.15, 0.2) is 11.5 Å². The lowest BCUT2D eigenvalue weighted by atomic mass is 9.78. The van der Waals surface area contributed by atoms with Crippen LogP contribution in [0, 0.1) is 0 Å². The lowest BCUT2D eigenvalue weighted by Gasteiger charge is -2.27. The first-order valence-electron chi connectivity index (χ1n) is 12.2. The van der Waals surface area contributed by atoms with Gasteiger partial charge in [-0.2, -0.15) is 0 Å². The molecule has 2 aromatic rings. The molecule has 0 saturated heterocycles. The molecule has 0 unspecified atom stereocenters. The van der Waals surface area contributed by atoms with Crippen molar-refractivity contribution in [1.82, 2.24) is 0 Å². The highest BCUT2D eigenvalue weighted by molar-refractivity contribution is 5.85. The topological polar surface area (TPSA) is 112 Å². The standard InChI is InChI=1S/C29H36O8/c1-5-25(30)27(32)36-17-9-15-34-23-13-7-11-21(19-23)29(3,4)22-12-8-14-24(20-22)35-16-10-18-37-28(33)26(31)6-2/h5-8,11-14,19-20,30-31H,9-10,15-18H2,1-4H3. The number of aliphatic hydroxyl groups is 2. The zero-order valence-electron chi connectivity index (χ0n) is 21.9. The average molecular weight is 513 g/mol. The second-order valence-electron chi connectivity index (χ2n) is 8.70. The first-order chi connectivity index (χ1) is 17.7.